The van der Waals surface area contributed by atoms with Gasteiger partial charge in [0.25, 0.3) is 0 Å². The van der Waals surface area contributed by atoms with Gasteiger partial charge in [0.1, 0.15) is 11.1 Å². The van der Waals surface area contributed by atoms with Crippen LogP contribution in [0.3, 0.4) is 0 Å². The van der Waals surface area contributed by atoms with Crippen LogP contribution in [0.1, 0.15) is 18.9 Å². The van der Waals surface area contributed by atoms with Gasteiger partial charge in [0, 0.05) is 0 Å². The third kappa shape index (κ3) is 4.27. The molecule has 0 unspecified atom stereocenters. The van der Waals surface area contributed by atoms with E-state index in [0.717, 1.165) is 12.0 Å². The first-order valence-electron chi connectivity index (χ1n) is 5.84. The third-order valence-corrected chi connectivity index (χ3v) is 2.57. The van der Waals surface area contributed by atoms with E-state index in [2.05, 4.69) is 0 Å². The van der Waals surface area contributed by atoms with Crippen LogP contribution in [0.2, 0.25) is 0 Å². The molecular formula is C14H16N2O2S. The Labute approximate surface area is 118 Å². The molecule has 2 N–H and O–H groups in total. The number of nitriles is 1. The van der Waals surface area contributed by atoms with Crippen LogP contribution in [0.15, 0.2) is 23.8 Å². The van der Waals surface area contributed by atoms with Crippen LogP contribution in [-0.2, 0) is 0 Å². The summed E-state index contributed by atoms with van der Waals surface area (Å²) >= 11 is 4.80. The maximum atomic E-state index is 8.93. The number of methoxy groups -OCH3 is 1. The molecule has 0 atom stereocenters. The molecule has 4 nitrogen and oxygen atoms in total. The second-order valence-corrected chi connectivity index (χ2v) is 4.23. The Kier molecular flexibility index (Phi) is 5.83. The summed E-state index contributed by atoms with van der Waals surface area (Å²) < 4.78 is 10.8. The fourth-order valence-electron chi connectivity index (χ4n) is 1.43. The fourth-order valence-corrected chi connectivity index (χ4v) is 1.54. The molecule has 100 valence electrons. The van der Waals surface area contributed by atoms with Crippen molar-refractivity contribution >= 4 is 23.3 Å². The van der Waals surface area contributed by atoms with E-state index in [1.54, 1.807) is 25.3 Å². The minimum absolute atomic E-state index is 0.0781. The molecule has 1 aromatic carbocycles. The molecule has 0 aromatic heterocycles. The van der Waals surface area contributed by atoms with Crippen molar-refractivity contribution < 1.29 is 9.47 Å². The highest BCUT2D eigenvalue weighted by Crippen LogP contribution is 2.29. The predicted molar refractivity (Wildman–Crippen MR) is 79.2 cm³/mol. The van der Waals surface area contributed by atoms with Crippen LogP contribution in [0.4, 0.5) is 0 Å². The molecule has 0 heterocycles. The van der Waals surface area contributed by atoms with Crippen LogP contribution >= 0.6 is 12.2 Å². The van der Waals surface area contributed by atoms with Gasteiger partial charge >= 0.3 is 0 Å². The van der Waals surface area contributed by atoms with Gasteiger partial charge in [0.05, 0.1) is 19.3 Å². The lowest BCUT2D eigenvalue weighted by atomic mass is 10.1. The Morgan fingerprint density at radius 1 is 1.47 bits per heavy atom. The van der Waals surface area contributed by atoms with Crippen molar-refractivity contribution in [3.8, 4) is 17.6 Å². The lowest BCUT2D eigenvalue weighted by Crippen LogP contribution is -2.09. The average Bonchev–Trinajstić information content (AvgIpc) is 2.42. The van der Waals surface area contributed by atoms with Gasteiger partial charge in [-0.25, -0.2) is 0 Å². The fraction of sp³-hybridized carbons (Fsp3) is 0.286. The van der Waals surface area contributed by atoms with Gasteiger partial charge in [-0.15, -0.1) is 0 Å². The predicted octanol–water partition coefficient (Wildman–Crippen LogP) is 2.68. The Hall–Kier alpha value is -2.06. The Morgan fingerprint density at radius 2 is 2.21 bits per heavy atom. The maximum absolute atomic E-state index is 8.93. The summed E-state index contributed by atoms with van der Waals surface area (Å²) in [5.41, 5.74) is 6.51. The average molecular weight is 276 g/mol. The molecule has 5 heteroatoms. The third-order valence-electron chi connectivity index (χ3n) is 2.35. The zero-order valence-corrected chi connectivity index (χ0v) is 11.8. The number of hydrogen-bond acceptors (Lipinski definition) is 4. The molecule has 0 fully saturated rings. The molecule has 0 bridgehead atoms. The van der Waals surface area contributed by atoms with Crippen LogP contribution in [-0.4, -0.2) is 18.7 Å². The van der Waals surface area contributed by atoms with Crippen LogP contribution in [0.25, 0.3) is 6.08 Å². The van der Waals surface area contributed by atoms with Gasteiger partial charge in [-0.2, -0.15) is 5.26 Å². The number of nitrogens with two attached hydrogens (primary N) is 1. The SMILES string of the molecule is CCCOc1cc(/C=C(/C#N)C(N)=S)ccc1OC. The summed E-state index contributed by atoms with van der Waals surface area (Å²) in [7, 11) is 1.58. The quantitative estimate of drug-likeness (QED) is 0.491. The normalized spacial score (nSPS) is 10.7. The number of nitrogens with zero attached hydrogens (tertiary/aromatic N) is 1. The van der Waals surface area contributed by atoms with E-state index in [4.69, 9.17) is 32.7 Å². The summed E-state index contributed by atoms with van der Waals surface area (Å²) in [5.74, 6) is 1.29. The van der Waals surface area contributed by atoms with E-state index < -0.39 is 0 Å². The van der Waals surface area contributed by atoms with E-state index in [-0.39, 0.29) is 10.6 Å². The molecule has 1 rings (SSSR count). The molecule has 19 heavy (non-hydrogen) atoms. The lowest BCUT2D eigenvalue weighted by Gasteiger charge is -2.10. The zero-order valence-electron chi connectivity index (χ0n) is 11.0. The van der Waals surface area contributed by atoms with Crippen LogP contribution in [0.5, 0.6) is 11.5 Å². The van der Waals surface area contributed by atoms with E-state index in [1.165, 1.54) is 0 Å². The second-order valence-electron chi connectivity index (χ2n) is 3.79. The molecule has 0 spiro atoms. The van der Waals surface area contributed by atoms with Crippen molar-refractivity contribution in [1.29, 1.82) is 5.26 Å². The van der Waals surface area contributed by atoms with Crippen LogP contribution < -0.4 is 15.2 Å². The van der Waals surface area contributed by atoms with Gasteiger partial charge in [-0.3, -0.25) is 0 Å². The van der Waals surface area contributed by atoms with Crippen molar-refractivity contribution in [2.75, 3.05) is 13.7 Å². The Bertz CT molecular complexity index is 533. The molecular weight excluding hydrogens is 260 g/mol. The highest BCUT2D eigenvalue weighted by atomic mass is 32.1. The van der Waals surface area contributed by atoms with Gasteiger partial charge < -0.3 is 15.2 Å². The van der Waals surface area contributed by atoms with Gasteiger partial charge in [-0.05, 0) is 30.2 Å². The van der Waals surface area contributed by atoms with E-state index >= 15 is 0 Å². The summed E-state index contributed by atoms with van der Waals surface area (Å²) in [4.78, 5) is 0.0781. The van der Waals surface area contributed by atoms with Crippen molar-refractivity contribution in [1.82, 2.24) is 0 Å². The summed E-state index contributed by atoms with van der Waals surface area (Å²) in [5, 5.41) is 8.93. The Morgan fingerprint density at radius 3 is 2.74 bits per heavy atom. The zero-order chi connectivity index (χ0) is 14.3. The molecule has 1 aromatic rings. The molecule has 0 radical (unpaired) electrons. The van der Waals surface area contributed by atoms with E-state index in [1.807, 2.05) is 19.1 Å². The van der Waals surface area contributed by atoms with E-state index in [0.29, 0.717) is 18.1 Å². The van der Waals surface area contributed by atoms with Gasteiger partial charge in [-0.1, -0.05) is 25.2 Å². The number of benzene rings is 1. The summed E-state index contributed by atoms with van der Waals surface area (Å²) in [6, 6.07) is 7.36. The number of rotatable bonds is 6. The van der Waals surface area contributed by atoms with Crippen molar-refractivity contribution in [2.45, 2.75) is 13.3 Å². The molecule has 0 aliphatic heterocycles. The lowest BCUT2D eigenvalue weighted by molar-refractivity contribution is 0.294. The highest BCUT2D eigenvalue weighted by Gasteiger charge is 2.06. The van der Waals surface area contributed by atoms with E-state index in [9.17, 15) is 0 Å². The maximum Gasteiger partial charge on any atom is 0.161 e. The molecule has 0 aliphatic carbocycles. The molecule has 0 aliphatic rings. The highest BCUT2D eigenvalue weighted by molar-refractivity contribution is 7.80. The minimum Gasteiger partial charge on any atom is -0.493 e. The monoisotopic (exact) mass is 276 g/mol. The summed E-state index contributed by atoms with van der Waals surface area (Å²) in [6.07, 6.45) is 2.53. The van der Waals surface area contributed by atoms with Crippen molar-refractivity contribution in [2.24, 2.45) is 5.73 Å². The number of ether oxygens (including phenoxy) is 2. The summed E-state index contributed by atoms with van der Waals surface area (Å²) in [6.45, 7) is 2.63. The Balaban J connectivity index is 3.11. The number of thiocarbonyl (C=S) groups is 1. The van der Waals surface area contributed by atoms with Crippen molar-refractivity contribution in [3.63, 3.8) is 0 Å². The minimum atomic E-state index is 0.0781. The van der Waals surface area contributed by atoms with Crippen LogP contribution in [0, 0.1) is 11.3 Å². The molecule has 0 saturated heterocycles. The first-order valence-corrected chi connectivity index (χ1v) is 6.25. The number of hydrogen-bond donors (Lipinski definition) is 1. The first-order chi connectivity index (χ1) is 9.12. The first kappa shape index (κ1) is 15.0. The standard InChI is InChI=1S/C14H16N2O2S/c1-3-6-18-13-8-10(4-5-12(13)17-2)7-11(9-15)14(16)19/h4-5,7-8H,3,6H2,1-2H3,(H2,16,19)/b11-7-. The molecule has 0 saturated carbocycles. The second kappa shape index (κ2) is 7.39. The van der Waals surface area contributed by atoms with Gasteiger partial charge in [0.15, 0.2) is 11.5 Å². The molecule has 0 amide bonds. The smallest absolute Gasteiger partial charge is 0.161 e. The largest absolute Gasteiger partial charge is 0.493 e. The van der Waals surface area contributed by atoms with Crippen molar-refractivity contribution in [3.05, 3.63) is 29.3 Å². The van der Waals surface area contributed by atoms with Gasteiger partial charge in [0.2, 0.25) is 0 Å². The topological polar surface area (TPSA) is 68.3 Å².